The largest absolute Gasteiger partial charge is 0.479 e. The molecular weight excluding hydrogens is 456 g/mol. The van der Waals surface area contributed by atoms with E-state index in [1.165, 1.54) is 0 Å². The van der Waals surface area contributed by atoms with Gasteiger partial charge in [-0.2, -0.15) is 5.26 Å². The Morgan fingerprint density at radius 3 is 2.90 bits per heavy atom. The van der Waals surface area contributed by atoms with Gasteiger partial charge in [-0.05, 0) is 12.1 Å². The minimum atomic E-state index is -0.0418. The van der Waals surface area contributed by atoms with Gasteiger partial charge in [-0.15, -0.1) is 22.9 Å². The molecule has 0 spiro atoms. The average Bonchev–Trinajstić information content (AvgIpc) is 2.44. The summed E-state index contributed by atoms with van der Waals surface area (Å²) in [6.45, 7) is 1.99. The van der Waals surface area contributed by atoms with Crippen molar-refractivity contribution in [3.8, 4) is 11.8 Å². The van der Waals surface area contributed by atoms with Gasteiger partial charge in [0.1, 0.15) is 11.8 Å². The number of carbonyl (C=O) groups excluding carboxylic acids is 1. The van der Waals surface area contributed by atoms with Gasteiger partial charge in [0.15, 0.2) is 6.61 Å². The van der Waals surface area contributed by atoms with Crippen LogP contribution in [0, 0.1) is 24.3 Å². The molecule has 1 aliphatic heterocycles. The standard InChI is InChI=1S/C15H14IN2O2.Y/c1-10-9-11(20-8-7-17)3-4-12(10)14-6-5-13(16)15(19)18(14)2;/h3-4,9,13H,5,8H2,1-2H3;/q-1;. The van der Waals surface area contributed by atoms with Gasteiger partial charge >= 0.3 is 0 Å². The van der Waals surface area contributed by atoms with E-state index in [2.05, 4.69) is 28.7 Å². The molecule has 1 radical (unpaired) electrons. The number of ether oxygens (including phenoxy) is 1. The van der Waals surface area contributed by atoms with Gasteiger partial charge in [-0.1, -0.05) is 35.9 Å². The van der Waals surface area contributed by atoms with Crippen molar-refractivity contribution >= 4 is 34.2 Å². The molecule has 0 bridgehead atoms. The normalized spacial score (nSPS) is 17.6. The van der Waals surface area contributed by atoms with Crippen LogP contribution in [-0.4, -0.2) is 28.4 Å². The van der Waals surface area contributed by atoms with Crippen LogP contribution in [0.3, 0.4) is 0 Å². The number of rotatable bonds is 3. The van der Waals surface area contributed by atoms with Gasteiger partial charge in [-0.3, -0.25) is 4.79 Å². The molecule has 0 aliphatic carbocycles. The van der Waals surface area contributed by atoms with E-state index in [0.29, 0.717) is 12.2 Å². The summed E-state index contributed by atoms with van der Waals surface area (Å²) in [5.74, 6) is 0.758. The van der Waals surface area contributed by atoms with Crippen molar-refractivity contribution in [3.05, 3.63) is 35.4 Å². The topological polar surface area (TPSA) is 53.3 Å². The second-order valence-electron chi connectivity index (χ2n) is 4.52. The van der Waals surface area contributed by atoms with Gasteiger partial charge < -0.3 is 9.64 Å². The number of halogens is 1. The summed E-state index contributed by atoms with van der Waals surface area (Å²) in [5.41, 5.74) is 2.77. The van der Waals surface area contributed by atoms with Gasteiger partial charge in [0.05, 0.1) is 3.92 Å². The first-order valence-electron chi connectivity index (χ1n) is 6.18. The van der Waals surface area contributed by atoms with Crippen LogP contribution in [0.15, 0.2) is 18.2 Å². The molecule has 1 atom stereocenters. The quantitative estimate of drug-likeness (QED) is 0.388. The van der Waals surface area contributed by atoms with E-state index >= 15 is 0 Å². The van der Waals surface area contributed by atoms with Crippen LogP contribution in [0.1, 0.15) is 17.5 Å². The van der Waals surface area contributed by atoms with E-state index < -0.39 is 0 Å². The minimum Gasteiger partial charge on any atom is -0.479 e. The molecule has 0 N–H and O–H groups in total. The van der Waals surface area contributed by atoms with Crippen molar-refractivity contribution < 1.29 is 42.2 Å². The average molecular weight is 470 g/mol. The number of aryl methyl sites for hydroxylation is 1. The maximum Gasteiger partial charge on any atom is 0.235 e. The van der Waals surface area contributed by atoms with Crippen LogP contribution in [0.25, 0.3) is 5.70 Å². The Hall–Kier alpha value is -0.446. The Balaban J connectivity index is 0.00000220. The van der Waals surface area contributed by atoms with Crippen LogP contribution < -0.4 is 4.74 Å². The SMILES string of the molecule is Cc1cc(OCC#N)ccc1C1=[C-]CC(I)C(=O)N1C.[Y]. The third-order valence-electron chi connectivity index (χ3n) is 3.14. The molecule has 6 heteroatoms. The third-order valence-corrected chi connectivity index (χ3v) is 4.11. The van der Waals surface area contributed by atoms with Gasteiger partial charge in [0.25, 0.3) is 0 Å². The zero-order valence-electron chi connectivity index (χ0n) is 11.9. The van der Waals surface area contributed by atoms with Crippen molar-refractivity contribution in [1.82, 2.24) is 4.90 Å². The number of hydrogen-bond donors (Lipinski definition) is 0. The zero-order valence-corrected chi connectivity index (χ0v) is 16.9. The van der Waals surface area contributed by atoms with Crippen molar-refractivity contribution in [3.63, 3.8) is 0 Å². The van der Waals surface area contributed by atoms with Gasteiger partial charge in [0, 0.05) is 39.8 Å². The number of allylic oxidation sites excluding steroid dienone is 1. The summed E-state index contributed by atoms with van der Waals surface area (Å²) in [6.07, 6.45) is 3.92. The fourth-order valence-electron chi connectivity index (χ4n) is 2.10. The molecule has 1 unspecified atom stereocenters. The van der Waals surface area contributed by atoms with E-state index in [4.69, 9.17) is 10.00 Å². The third kappa shape index (κ3) is 4.27. The number of benzene rings is 1. The number of hydrogen-bond acceptors (Lipinski definition) is 3. The number of carbonyl (C=O) groups is 1. The van der Waals surface area contributed by atoms with Gasteiger partial charge in [-0.25, -0.2) is 6.08 Å². The fourth-order valence-corrected chi connectivity index (χ4v) is 2.73. The van der Waals surface area contributed by atoms with Crippen LogP contribution in [0.2, 0.25) is 0 Å². The van der Waals surface area contributed by atoms with E-state index in [9.17, 15) is 4.79 Å². The summed E-state index contributed by atoms with van der Waals surface area (Å²) >= 11 is 2.14. The molecule has 107 valence electrons. The second-order valence-corrected chi connectivity index (χ2v) is 6.02. The number of nitrogens with zero attached hydrogens (tertiary/aromatic N) is 2. The molecule has 1 aromatic carbocycles. The monoisotopic (exact) mass is 470 g/mol. The maximum absolute atomic E-state index is 12.0. The number of nitriles is 1. The van der Waals surface area contributed by atoms with Crippen LogP contribution >= 0.6 is 22.6 Å². The van der Waals surface area contributed by atoms with E-state index in [1.54, 1.807) is 11.9 Å². The Morgan fingerprint density at radius 2 is 2.29 bits per heavy atom. The molecule has 0 saturated carbocycles. The van der Waals surface area contributed by atoms with E-state index in [-0.39, 0.29) is 49.1 Å². The Labute approximate surface area is 163 Å². The Bertz CT molecular complexity index is 610. The molecule has 0 saturated heterocycles. The summed E-state index contributed by atoms with van der Waals surface area (Å²) < 4.78 is 5.23. The molecule has 0 aromatic heterocycles. The van der Waals surface area contributed by atoms with E-state index in [1.807, 2.05) is 31.2 Å². The Kier molecular flexibility index (Phi) is 7.31. The Morgan fingerprint density at radius 1 is 1.57 bits per heavy atom. The van der Waals surface area contributed by atoms with Crippen LogP contribution in [-0.2, 0) is 37.5 Å². The minimum absolute atomic E-state index is 0. The van der Waals surface area contributed by atoms with Crippen LogP contribution in [0.5, 0.6) is 5.75 Å². The zero-order chi connectivity index (χ0) is 14.7. The molecule has 4 nitrogen and oxygen atoms in total. The molecule has 1 aliphatic rings. The summed E-state index contributed by atoms with van der Waals surface area (Å²) in [7, 11) is 1.77. The summed E-state index contributed by atoms with van der Waals surface area (Å²) in [4.78, 5) is 13.7. The first-order chi connectivity index (χ1) is 9.54. The summed E-state index contributed by atoms with van der Waals surface area (Å²) in [6, 6.07) is 7.52. The van der Waals surface area contributed by atoms with Crippen molar-refractivity contribution in [2.24, 2.45) is 0 Å². The van der Waals surface area contributed by atoms with E-state index in [0.717, 1.165) is 16.8 Å². The van der Waals surface area contributed by atoms with Crippen molar-refractivity contribution in [2.45, 2.75) is 17.3 Å². The fraction of sp³-hybridized carbons (Fsp3) is 0.333. The molecule has 1 heterocycles. The first kappa shape index (κ1) is 18.6. The van der Waals surface area contributed by atoms with Gasteiger partial charge in [0.2, 0.25) is 5.91 Å². The smallest absolute Gasteiger partial charge is 0.235 e. The molecule has 1 amide bonds. The van der Waals surface area contributed by atoms with Crippen molar-refractivity contribution in [1.29, 1.82) is 5.26 Å². The van der Waals surface area contributed by atoms with Crippen LogP contribution in [0.4, 0.5) is 0 Å². The molecular formula is C15H14IN2O2Y-. The van der Waals surface area contributed by atoms with Crippen molar-refractivity contribution in [2.75, 3.05) is 13.7 Å². The second kappa shape index (κ2) is 8.26. The molecule has 21 heavy (non-hydrogen) atoms. The molecule has 2 rings (SSSR count). The summed E-state index contributed by atoms with van der Waals surface area (Å²) in [5, 5.41) is 8.51. The number of amides is 1. The predicted molar refractivity (Wildman–Crippen MR) is 84.1 cm³/mol. The predicted octanol–water partition coefficient (Wildman–Crippen LogP) is 2.70. The molecule has 0 fully saturated rings. The first-order valence-corrected chi connectivity index (χ1v) is 7.42. The molecule has 1 aromatic rings. The number of alkyl halides is 1. The maximum atomic E-state index is 12.0.